The highest BCUT2D eigenvalue weighted by Gasteiger charge is 2.33. The van der Waals surface area contributed by atoms with Gasteiger partial charge in [-0.2, -0.15) is 10.2 Å². The zero-order valence-corrected chi connectivity index (χ0v) is 13.6. The second-order valence-electron chi connectivity index (χ2n) is 6.60. The molecule has 7 heteroatoms. The molecule has 4 rings (SSSR count). The minimum Gasteiger partial charge on any atom is -0.366 e. The molecular weight excluding hydrogens is 304 g/mol. The van der Waals surface area contributed by atoms with E-state index in [2.05, 4.69) is 25.7 Å². The Bertz CT molecular complexity index is 692. The van der Waals surface area contributed by atoms with Crippen molar-refractivity contribution in [3.05, 3.63) is 35.8 Å². The number of nitrogens with zero attached hydrogens (tertiary/aromatic N) is 4. The lowest BCUT2D eigenvalue weighted by Crippen LogP contribution is -2.44. The maximum absolute atomic E-state index is 12.9. The molecule has 2 aromatic rings. The van der Waals surface area contributed by atoms with Crippen LogP contribution in [0.4, 0.5) is 5.82 Å². The molecule has 2 aromatic heterocycles. The van der Waals surface area contributed by atoms with Gasteiger partial charge in [0.05, 0.1) is 12.1 Å². The van der Waals surface area contributed by atoms with Gasteiger partial charge in [-0.1, -0.05) is 0 Å². The average Bonchev–Trinajstić information content (AvgIpc) is 3.11. The van der Waals surface area contributed by atoms with E-state index in [9.17, 15) is 4.79 Å². The molecule has 0 spiro atoms. The Kier molecular flexibility index (Phi) is 4.15. The van der Waals surface area contributed by atoms with Crippen LogP contribution in [0, 0.1) is 0 Å². The molecule has 1 saturated heterocycles. The van der Waals surface area contributed by atoms with Gasteiger partial charge in [0.25, 0.3) is 0 Å². The predicted octanol–water partition coefficient (Wildman–Crippen LogP) is 1.72. The third kappa shape index (κ3) is 2.98. The van der Waals surface area contributed by atoms with Crippen molar-refractivity contribution >= 4 is 11.7 Å². The van der Waals surface area contributed by atoms with Crippen LogP contribution in [0.5, 0.6) is 0 Å². The monoisotopic (exact) mass is 326 g/mol. The van der Waals surface area contributed by atoms with Crippen LogP contribution in [-0.2, 0) is 11.2 Å². The number of aromatic amines is 1. The third-order valence-corrected chi connectivity index (χ3v) is 5.08. The molecule has 2 aliphatic rings. The fourth-order valence-electron chi connectivity index (χ4n) is 3.77. The number of fused-ring (bicyclic) bond motifs is 1. The normalized spacial score (nSPS) is 21.3. The maximum atomic E-state index is 12.9. The summed E-state index contributed by atoms with van der Waals surface area (Å²) in [6, 6.07) is 4.15. The zero-order valence-electron chi connectivity index (χ0n) is 13.6. The van der Waals surface area contributed by atoms with E-state index in [-0.39, 0.29) is 11.8 Å². The number of amides is 1. The maximum Gasteiger partial charge on any atom is 0.230 e. The summed E-state index contributed by atoms with van der Waals surface area (Å²) in [4.78, 5) is 14.9. The van der Waals surface area contributed by atoms with Crippen LogP contribution in [0.3, 0.4) is 0 Å². The first-order valence-electron chi connectivity index (χ1n) is 8.66. The van der Waals surface area contributed by atoms with Gasteiger partial charge < -0.3 is 10.2 Å². The summed E-state index contributed by atoms with van der Waals surface area (Å²) < 4.78 is 0. The Morgan fingerprint density at radius 1 is 1.29 bits per heavy atom. The highest BCUT2D eigenvalue weighted by molar-refractivity contribution is 5.84. The van der Waals surface area contributed by atoms with Gasteiger partial charge in [0.15, 0.2) is 0 Å². The van der Waals surface area contributed by atoms with E-state index in [0.29, 0.717) is 6.04 Å². The van der Waals surface area contributed by atoms with Crippen LogP contribution in [0.25, 0.3) is 0 Å². The zero-order chi connectivity index (χ0) is 16.4. The van der Waals surface area contributed by atoms with Crippen molar-refractivity contribution in [3.8, 4) is 0 Å². The number of nitrogens with one attached hydrogen (secondary N) is 2. The van der Waals surface area contributed by atoms with E-state index >= 15 is 0 Å². The Labute approximate surface area is 140 Å². The molecule has 0 saturated carbocycles. The largest absolute Gasteiger partial charge is 0.366 e. The molecule has 0 radical (unpaired) electrons. The highest BCUT2D eigenvalue weighted by atomic mass is 16.2. The number of aromatic nitrogens is 4. The summed E-state index contributed by atoms with van der Waals surface area (Å²) in [6.45, 7) is 1.58. The molecule has 7 nitrogen and oxygen atoms in total. The van der Waals surface area contributed by atoms with Gasteiger partial charge in [0, 0.05) is 36.6 Å². The fourth-order valence-corrected chi connectivity index (χ4v) is 3.77. The van der Waals surface area contributed by atoms with Crippen LogP contribution in [-0.4, -0.2) is 50.3 Å². The van der Waals surface area contributed by atoms with Gasteiger partial charge in [-0.3, -0.25) is 9.89 Å². The molecule has 1 amide bonds. The van der Waals surface area contributed by atoms with E-state index in [1.165, 1.54) is 0 Å². The van der Waals surface area contributed by atoms with Crippen molar-refractivity contribution < 1.29 is 4.79 Å². The molecule has 1 atom stereocenters. The molecular formula is C17H22N6O. The molecule has 24 heavy (non-hydrogen) atoms. The number of aryl methyl sites for hydroxylation is 1. The lowest BCUT2D eigenvalue weighted by Gasteiger charge is -2.35. The molecule has 0 bridgehead atoms. The second kappa shape index (κ2) is 6.59. The van der Waals surface area contributed by atoms with Crippen LogP contribution >= 0.6 is 0 Å². The first-order chi connectivity index (χ1) is 11.8. The summed E-state index contributed by atoms with van der Waals surface area (Å²) in [6.07, 6.45) is 8.36. The molecule has 126 valence electrons. The number of carbonyl (C=O) groups excluding carboxylic acids is 1. The molecule has 0 aromatic carbocycles. The number of likely N-dealkylation sites (tertiary alicyclic amines) is 1. The van der Waals surface area contributed by atoms with Gasteiger partial charge >= 0.3 is 0 Å². The van der Waals surface area contributed by atoms with Gasteiger partial charge in [-0.15, -0.1) is 5.10 Å². The van der Waals surface area contributed by atoms with Gasteiger partial charge in [-0.05, 0) is 44.2 Å². The van der Waals surface area contributed by atoms with Gasteiger partial charge in [0.2, 0.25) is 5.91 Å². The third-order valence-electron chi connectivity index (χ3n) is 5.08. The second-order valence-corrected chi connectivity index (χ2v) is 6.60. The summed E-state index contributed by atoms with van der Waals surface area (Å²) >= 11 is 0. The van der Waals surface area contributed by atoms with Crippen LogP contribution in [0.2, 0.25) is 0 Å². The molecule has 1 unspecified atom stereocenters. The smallest absolute Gasteiger partial charge is 0.230 e. The van der Waals surface area contributed by atoms with Crippen molar-refractivity contribution in [2.45, 2.75) is 44.1 Å². The summed E-state index contributed by atoms with van der Waals surface area (Å²) in [5.74, 6) is 1.05. The predicted molar refractivity (Wildman–Crippen MR) is 89.5 cm³/mol. The summed E-state index contributed by atoms with van der Waals surface area (Å²) in [7, 11) is 0. The van der Waals surface area contributed by atoms with Crippen LogP contribution in [0.15, 0.2) is 24.5 Å². The van der Waals surface area contributed by atoms with Gasteiger partial charge in [0.1, 0.15) is 5.82 Å². The van der Waals surface area contributed by atoms with Crippen LogP contribution in [0.1, 0.15) is 42.9 Å². The summed E-state index contributed by atoms with van der Waals surface area (Å²) in [5.41, 5.74) is 2.24. The minimum atomic E-state index is -0.0167. The number of hydrogen-bond acceptors (Lipinski definition) is 5. The van der Waals surface area contributed by atoms with Gasteiger partial charge in [-0.25, -0.2) is 0 Å². The lowest BCUT2D eigenvalue weighted by molar-refractivity contribution is -0.134. The Morgan fingerprint density at radius 3 is 2.96 bits per heavy atom. The van der Waals surface area contributed by atoms with Crippen molar-refractivity contribution in [1.82, 2.24) is 25.3 Å². The minimum absolute atomic E-state index is 0.0167. The summed E-state index contributed by atoms with van der Waals surface area (Å²) in [5, 5.41) is 18.5. The first kappa shape index (κ1) is 15.1. The SMILES string of the molecule is O=C(C1CCCc2[nH]ncc21)N1CCC(Nc2cccnn2)CC1. The lowest BCUT2D eigenvalue weighted by atomic mass is 9.85. The molecule has 2 N–H and O–H groups in total. The number of hydrogen-bond donors (Lipinski definition) is 2. The number of piperidine rings is 1. The first-order valence-corrected chi connectivity index (χ1v) is 8.66. The van der Waals surface area contributed by atoms with E-state index in [1.54, 1.807) is 6.20 Å². The molecule has 3 heterocycles. The molecule has 1 aliphatic carbocycles. The molecule has 1 aliphatic heterocycles. The van der Waals surface area contributed by atoms with Crippen molar-refractivity contribution in [1.29, 1.82) is 0 Å². The number of anilines is 1. The topological polar surface area (TPSA) is 86.8 Å². The Hall–Kier alpha value is -2.44. The van der Waals surface area contributed by atoms with E-state index in [1.807, 2.05) is 23.2 Å². The van der Waals surface area contributed by atoms with Crippen LogP contribution < -0.4 is 5.32 Å². The van der Waals surface area contributed by atoms with Crippen molar-refractivity contribution in [3.63, 3.8) is 0 Å². The Balaban J connectivity index is 1.35. The highest BCUT2D eigenvalue weighted by Crippen LogP contribution is 2.32. The number of H-pyrrole nitrogens is 1. The van der Waals surface area contributed by atoms with Crippen molar-refractivity contribution in [2.24, 2.45) is 0 Å². The number of rotatable bonds is 3. The quantitative estimate of drug-likeness (QED) is 0.897. The number of carbonyl (C=O) groups is 1. The van der Waals surface area contributed by atoms with Crippen molar-refractivity contribution in [2.75, 3.05) is 18.4 Å². The van der Waals surface area contributed by atoms with E-state index < -0.39 is 0 Å². The molecule has 1 fully saturated rings. The standard InChI is InChI=1S/C17H22N6O/c24-17(13-3-1-4-15-14(13)11-19-21-15)23-9-6-12(7-10-23)20-16-5-2-8-18-22-16/h2,5,8,11-13H,1,3-4,6-7,9-10H2,(H,19,21)(H,20,22). The Morgan fingerprint density at radius 2 is 2.17 bits per heavy atom. The van der Waals surface area contributed by atoms with E-state index in [0.717, 1.165) is 62.3 Å². The fraction of sp³-hybridized carbons (Fsp3) is 0.529. The average molecular weight is 326 g/mol. The van der Waals surface area contributed by atoms with E-state index in [4.69, 9.17) is 0 Å².